The van der Waals surface area contributed by atoms with Gasteiger partial charge in [0.05, 0.1) is 5.69 Å². The lowest BCUT2D eigenvalue weighted by Gasteiger charge is -2.08. The smallest absolute Gasteiger partial charge is 0.119 e. The third-order valence-corrected chi connectivity index (χ3v) is 5.16. The summed E-state index contributed by atoms with van der Waals surface area (Å²) in [6.07, 6.45) is 0. The lowest BCUT2D eigenvalue weighted by molar-refractivity contribution is 0.934. The number of hydrogen-bond acceptors (Lipinski definition) is 3. The van der Waals surface area contributed by atoms with Crippen molar-refractivity contribution in [3.8, 4) is 11.3 Å². The van der Waals surface area contributed by atoms with E-state index in [0.717, 1.165) is 22.0 Å². The van der Waals surface area contributed by atoms with E-state index in [-0.39, 0.29) is 0 Å². The molecule has 3 aromatic rings. The van der Waals surface area contributed by atoms with Gasteiger partial charge in [-0.3, -0.25) is 0 Å². The number of rotatable bonds is 4. The molecule has 0 amide bonds. The molecule has 2 nitrogen and oxygen atoms in total. The zero-order valence-corrected chi connectivity index (χ0v) is 15.4. The minimum atomic E-state index is 0.922. The summed E-state index contributed by atoms with van der Waals surface area (Å²) in [7, 11) is 0. The van der Waals surface area contributed by atoms with Gasteiger partial charge in [0.1, 0.15) is 5.03 Å². The predicted molar refractivity (Wildman–Crippen MR) is 102 cm³/mol. The standard InChI is InChI=1S/C21H22N2S/c1-14-5-7-16(3)18(11-14)13-24-21-10-9-20(22-23-21)19-12-15(2)6-8-17(19)4/h5-12H,13H2,1-4H3. The molecule has 1 aromatic heterocycles. The fraction of sp³-hybridized carbons (Fsp3) is 0.238. The van der Waals surface area contributed by atoms with Crippen LogP contribution in [0.2, 0.25) is 0 Å². The summed E-state index contributed by atoms with van der Waals surface area (Å²) in [5, 5.41) is 9.80. The Kier molecular flexibility index (Phi) is 5.00. The number of hydrogen-bond donors (Lipinski definition) is 0. The van der Waals surface area contributed by atoms with Crippen molar-refractivity contribution in [1.29, 1.82) is 0 Å². The fourth-order valence-corrected chi connectivity index (χ4v) is 3.54. The van der Waals surface area contributed by atoms with Gasteiger partial charge in [-0.25, -0.2) is 0 Å². The van der Waals surface area contributed by atoms with E-state index in [2.05, 4.69) is 86.4 Å². The van der Waals surface area contributed by atoms with Crippen molar-refractivity contribution >= 4 is 11.8 Å². The molecule has 0 aliphatic heterocycles. The van der Waals surface area contributed by atoms with Crippen LogP contribution in [0.3, 0.4) is 0 Å². The average molecular weight is 334 g/mol. The molecule has 24 heavy (non-hydrogen) atoms. The van der Waals surface area contributed by atoms with Crippen molar-refractivity contribution < 1.29 is 0 Å². The third-order valence-electron chi connectivity index (χ3n) is 4.19. The van der Waals surface area contributed by atoms with Crippen LogP contribution < -0.4 is 0 Å². The van der Waals surface area contributed by atoms with Gasteiger partial charge in [-0.1, -0.05) is 53.2 Å². The van der Waals surface area contributed by atoms with Gasteiger partial charge in [0.15, 0.2) is 0 Å². The van der Waals surface area contributed by atoms with Crippen LogP contribution >= 0.6 is 11.8 Å². The SMILES string of the molecule is Cc1ccc(C)c(CSc2ccc(-c3cc(C)ccc3C)nn2)c1. The van der Waals surface area contributed by atoms with Gasteiger partial charge >= 0.3 is 0 Å². The Morgan fingerprint density at radius 1 is 0.750 bits per heavy atom. The van der Waals surface area contributed by atoms with Crippen molar-refractivity contribution in [2.45, 2.75) is 38.5 Å². The van der Waals surface area contributed by atoms with Crippen LogP contribution in [0.4, 0.5) is 0 Å². The minimum Gasteiger partial charge on any atom is -0.149 e. The van der Waals surface area contributed by atoms with Crippen LogP contribution in [-0.4, -0.2) is 10.2 Å². The zero-order chi connectivity index (χ0) is 17.1. The highest BCUT2D eigenvalue weighted by Crippen LogP contribution is 2.26. The summed E-state index contributed by atoms with van der Waals surface area (Å²) in [6, 6.07) is 17.2. The largest absolute Gasteiger partial charge is 0.149 e. The maximum Gasteiger partial charge on any atom is 0.119 e. The maximum atomic E-state index is 4.43. The number of nitrogens with zero attached hydrogens (tertiary/aromatic N) is 2. The molecule has 0 aliphatic carbocycles. The highest BCUT2D eigenvalue weighted by molar-refractivity contribution is 7.98. The van der Waals surface area contributed by atoms with E-state index >= 15 is 0 Å². The quantitative estimate of drug-likeness (QED) is 0.575. The van der Waals surface area contributed by atoms with Crippen molar-refractivity contribution in [3.63, 3.8) is 0 Å². The molecule has 1 heterocycles. The van der Waals surface area contributed by atoms with Crippen LogP contribution in [0.25, 0.3) is 11.3 Å². The first kappa shape index (κ1) is 16.7. The summed E-state index contributed by atoms with van der Waals surface area (Å²) in [6.45, 7) is 8.50. The Hall–Kier alpha value is -2.13. The van der Waals surface area contributed by atoms with E-state index in [1.807, 2.05) is 0 Å². The third kappa shape index (κ3) is 3.85. The van der Waals surface area contributed by atoms with Crippen LogP contribution in [-0.2, 0) is 5.75 Å². The summed E-state index contributed by atoms with van der Waals surface area (Å²) < 4.78 is 0. The molecule has 0 saturated carbocycles. The van der Waals surface area contributed by atoms with Crippen LogP contribution in [0.5, 0.6) is 0 Å². The highest BCUT2D eigenvalue weighted by atomic mass is 32.2. The summed E-state index contributed by atoms with van der Waals surface area (Å²) in [5.41, 5.74) is 8.55. The Morgan fingerprint density at radius 2 is 1.46 bits per heavy atom. The molecular weight excluding hydrogens is 312 g/mol. The van der Waals surface area contributed by atoms with Gasteiger partial charge in [-0.15, -0.1) is 10.2 Å². The molecule has 0 N–H and O–H groups in total. The molecule has 0 bridgehead atoms. The Morgan fingerprint density at radius 3 is 2.17 bits per heavy atom. The normalized spacial score (nSPS) is 10.8. The highest BCUT2D eigenvalue weighted by Gasteiger charge is 2.06. The number of benzene rings is 2. The van der Waals surface area contributed by atoms with Crippen LogP contribution in [0.1, 0.15) is 27.8 Å². The molecule has 0 unspecified atom stereocenters. The molecule has 3 rings (SSSR count). The molecule has 2 aromatic carbocycles. The van der Waals surface area contributed by atoms with Gasteiger partial charge in [0, 0.05) is 11.3 Å². The average Bonchev–Trinajstić information content (AvgIpc) is 2.58. The molecule has 3 heteroatoms. The minimum absolute atomic E-state index is 0.922. The fourth-order valence-electron chi connectivity index (χ4n) is 2.66. The number of thioether (sulfide) groups is 1. The number of aromatic nitrogens is 2. The lowest BCUT2D eigenvalue weighted by atomic mass is 10.0. The Labute approximate surface area is 148 Å². The zero-order valence-electron chi connectivity index (χ0n) is 14.6. The van der Waals surface area contributed by atoms with E-state index in [0.29, 0.717) is 0 Å². The second-order valence-electron chi connectivity index (χ2n) is 6.29. The van der Waals surface area contributed by atoms with Crippen molar-refractivity contribution in [1.82, 2.24) is 10.2 Å². The monoisotopic (exact) mass is 334 g/mol. The van der Waals surface area contributed by atoms with E-state index in [1.165, 1.54) is 27.8 Å². The molecular formula is C21H22N2S. The van der Waals surface area contributed by atoms with Gasteiger partial charge in [-0.05, 0) is 62.6 Å². The summed E-state index contributed by atoms with van der Waals surface area (Å²) in [5.74, 6) is 0.922. The Balaban J connectivity index is 1.75. The molecule has 0 atom stereocenters. The van der Waals surface area contributed by atoms with E-state index in [1.54, 1.807) is 11.8 Å². The predicted octanol–water partition coefficient (Wildman–Crippen LogP) is 5.67. The first-order valence-corrected chi connectivity index (χ1v) is 9.12. The molecule has 122 valence electrons. The topological polar surface area (TPSA) is 25.8 Å². The molecule has 0 radical (unpaired) electrons. The summed E-state index contributed by atoms with van der Waals surface area (Å²) in [4.78, 5) is 0. The molecule has 0 spiro atoms. The molecule has 0 saturated heterocycles. The number of aryl methyl sites for hydroxylation is 4. The van der Waals surface area contributed by atoms with Crippen LogP contribution in [0.15, 0.2) is 53.6 Å². The van der Waals surface area contributed by atoms with E-state index in [9.17, 15) is 0 Å². The van der Waals surface area contributed by atoms with Gasteiger partial charge in [0.25, 0.3) is 0 Å². The van der Waals surface area contributed by atoms with Crippen LogP contribution in [0, 0.1) is 27.7 Å². The van der Waals surface area contributed by atoms with E-state index in [4.69, 9.17) is 0 Å². The van der Waals surface area contributed by atoms with Gasteiger partial charge < -0.3 is 0 Å². The van der Waals surface area contributed by atoms with Gasteiger partial charge in [-0.2, -0.15) is 0 Å². The van der Waals surface area contributed by atoms with Crippen molar-refractivity contribution in [2.75, 3.05) is 0 Å². The summed E-state index contributed by atoms with van der Waals surface area (Å²) >= 11 is 1.73. The second-order valence-corrected chi connectivity index (χ2v) is 7.29. The Bertz CT molecular complexity index is 854. The first-order valence-electron chi connectivity index (χ1n) is 8.13. The lowest BCUT2D eigenvalue weighted by Crippen LogP contribution is -1.93. The second kappa shape index (κ2) is 7.18. The molecule has 0 fully saturated rings. The van der Waals surface area contributed by atoms with Gasteiger partial charge in [0.2, 0.25) is 0 Å². The van der Waals surface area contributed by atoms with E-state index < -0.39 is 0 Å². The van der Waals surface area contributed by atoms with Crippen molar-refractivity contribution in [3.05, 3.63) is 76.3 Å². The first-order chi connectivity index (χ1) is 11.5. The molecule has 0 aliphatic rings. The maximum absolute atomic E-state index is 4.43. The van der Waals surface area contributed by atoms with Crippen molar-refractivity contribution in [2.24, 2.45) is 0 Å².